The van der Waals surface area contributed by atoms with Gasteiger partial charge in [0.2, 0.25) is 5.91 Å². The number of H-pyrrole nitrogens is 1. The minimum Gasteiger partial charge on any atom is -0.354 e. The van der Waals surface area contributed by atoms with E-state index in [-0.39, 0.29) is 11.4 Å². The van der Waals surface area contributed by atoms with Crippen LogP contribution < -0.4 is 5.32 Å². The number of aromatic nitrogens is 2. The van der Waals surface area contributed by atoms with Crippen molar-refractivity contribution in [2.75, 3.05) is 19.6 Å². The van der Waals surface area contributed by atoms with E-state index in [2.05, 4.69) is 20.4 Å². The molecule has 2 heterocycles. The predicted molar refractivity (Wildman–Crippen MR) is 91.4 cm³/mol. The highest BCUT2D eigenvalue weighted by Gasteiger charge is 2.39. The van der Waals surface area contributed by atoms with Gasteiger partial charge in [-0.2, -0.15) is 5.10 Å². The van der Waals surface area contributed by atoms with Gasteiger partial charge in [0, 0.05) is 23.3 Å². The van der Waals surface area contributed by atoms with Crippen LogP contribution in [0.3, 0.4) is 0 Å². The minimum atomic E-state index is 0.127. The van der Waals surface area contributed by atoms with Crippen LogP contribution in [0.2, 0.25) is 0 Å². The number of aromatic amines is 1. The van der Waals surface area contributed by atoms with Crippen LogP contribution in [-0.2, 0) is 11.2 Å². The smallest absolute Gasteiger partial charge is 0.224 e. The Bertz CT molecular complexity index is 520. The molecular formula is C18H30N4O. The maximum absolute atomic E-state index is 12.4. The molecule has 1 saturated carbocycles. The molecule has 1 aromatic heterocycles. The van der Waals surface area contributed by atoms with Gasteiger partial charge in [-0.3, -0.25) is 14.8 Å². The summed E-state index contributed by atoms with van der Waals surface area (Å²) in [5, 5.41) is 10.4. The van der Waals surface area contributed by atoms with Crippen LogP contribution in [0.5, 0.6) is 0 Å². The molecule has 1 aliphatic heterocycles. The van der Waals surface area contributed by atoms with E-state index >= 15 is 0 Å². The second-order valence-electron chi connectivity index (χ2n) is 7.35. The second-order valence-corrected chi connectivity index (χ2v) is 7.35. The van der Waals surface area contributed by atoms with E-state index < -0.39 is 0 Å². The van der Waals surface area contributed by atoms with E-state index in [4.69, 9.17) is 0 Å². The van der Waals surface area contributed by atoms with Crippen molar-refractivity contribution in [3.63, 3.8) is 0 Å². The number of nitrogens with one attached hydrogen (secondary N) is 2. The van der Waals surface area contributed by atoms with E-state index in [0.717, 1.165) is 23.5 Å². The lowest BCUT2D eigenvalue weighted by atomic mass is 9.80. The van der Waals surface area contributed by atoms with Gasteiger partial charge in [-0.15, -0.1) is 0 Å². The first-order chi connectivity index (χ1) is 11.1. The fourth-order valence-electron chi connectivity index (χ4n) is 4.33. The molecule has 2 N–H and O–H groups in total. The molecule has 1 aliphatic carbocycles. The average Bonchev–Trinajstić information content (AvgIpc) is 3.20. The van der Waals surface area contributed by atoms with Gasteiger partial charge in [0.15, 0.2) is 0 Å². The van der Waals surface area contributed by atoms with Crippen molar-refractivity contribution in [2.45, 2.75) is 70.8 Å². The highest BCUT2D eigenvalue weighted by atomic mass is 16.1. The van der Waals surface area contributed by atoms with Crippen LogP contribution in [0.25, 0.3) is 0 Å². The third-order valence-electron chi connectivity index (χ3n) is 5.79. The largest absolute Gasteiger partial charge is 0.354 e. The SMILES string of the molecule is Cc1n[nH]c(C)c1CC(=O)NCC1(N2CCCC2)CCCCC1. The number of carbonyl (C=O) groups excluding carboxylic acids is 1. The van der Waals surface area contributed by atoms with E-state index in [1.54, 1.807) is 0 Å². The standard InChI is InChI=1S/C18H30N4O/c1-14-16(15(2)21-20-14)12-17(23)19-13-18(8-4-3-5-9-18)22-10-6-7-11-22/h3-13H2,1-2H3,(H,19,23)(H,20,21). The second kappa shape index (κ2) is 7.04. The topological polar surface area (TPSA) is 61.0 Å². The molecule has 1 amide bonds. The summed E-state index contributed by atoms with van der Waals surface area (Å²) in [5.41, 5.74) is 3.20. The molecule has 0 unspecified atom stereocenters. The molecular weight excluding hydrogens is 288 g/mol. The van der Waals surface area contributed by atoms with Gasteiger partial charge in [0.05, 0.1) is 12.1 Å². The van der Waals surface area contributed by atoms with E-state index in [0.29, 0.717) is 6.42 Å². The number of hydrogen-bond acceptors (Lipinski definition) is 3. The van der Waals surface area contributed by atoms with Crippen LogP contribution >= 0.6 is 0 Å². The molecule has 0 radical (unpaired) electrons. The maximum atomic E-state index is 12.4. The molecule has 1 aromatic rings. The van der Waals surface area contributed by atoms with Crippen molar-refractivity contribution in [2.24, 2.45) is 0 Å². The summed E-state index contributed by atoms with van der Waals surface area (Å²) in [5.74, 6) is 0.127. The molecule has 5 heteroatoms. The molecule has 128 valence electrons. The van der Waals surface area contributed by atoms with Gasteiger partial charge in [-0.05, 0) is 52.6 Å². The Labute approximate surface area is 139 Å². The van der Waals surface area contributed by atoms with Gasteiger partial charge in [-0.1, -0.05) is 19.3 Å². The number of aryl methyl sites for hydroxylation is 2. The zero-order valence-electron chi connectivity index (χ0n) is 14.6. The Balaban J connectivity index is 1.61. The van der Waals surface area contributed by atoms with Crippen molar-refractivity contribution in [1.29, 1.82) is 0 Å². The van der Waals surface area contributed by atoms with Gasteiger partial charge in [-0.25, -0.2) is 0 Å². The molecule has 23 heavy (non-hydrogen) atoms. The molecule has 3 rings (SSSR count). The van der Waals surface area contributed by atoms with Gasteiger partial charge >= 0.3 is 0 Å². The number of hydrogen-bond donors (Lipinski definition) is 2. The summed E-state index contributed by atoms with van der Waals surface area (Å²) >= 11 is 0. The van der Waals surface area contributed by atoms with Crippen LogP contribution in [0.15, 0.2) is 0 Å². The molecule has 1 saturated heterocycles. The van der Waals surface area contributed by atoms with Crippen molar-refractivity contribution in [3.8, 4) is 0 Å². The highest BCUT2D eigenvalue weighted by Crippen LogP contribution is 2.35. The third-order valence-corrected chi connectivity index (χ3v) is 5.79. The quantitative estimate of drug-likeness (QED) is 0.877. The van der Waals surface area contributed by atoms with Crippen LogP contribution in [0.1, 0.15) is 61.9 Å². The third kappa shape index (κ3) is 3.60. The number of carbonyl (C=O) groups is 1. The van der Waals surface area contributed by atoms with Crippen molar-refractivity contribution in [1.82, 2.24) is 20.4 Å². The fraction of sp³-hybridized carbons (Fsp3) is 0.778. The van der Waals surface area contributed by atoms with Gasteiger partial charge in [0.1, 0.15) is 0 Å². The zero-order valence-corrected chi connectivity index (χ0v) is 14.6. The lowest BCUT2D eigenvalue weighted by Gasteiger charge is -2.45. The normalized spacial score (nSPS) is 21.5. The first-order valence-electron chi connectivity index (χ1n) is 9.13. The van der Waals surface area contributed by atoms with Gasteiger partial charge in [0.25, 0.3) is 0 Å². The molecule has 0 atom stereocenters. The molecule has 0 aromatic carbocycles. The lowest BCUT2D eigenvalue weighted by Crippen LogP contribution is -2.55. The predicted octanol–water partition coefficient (Wildman–Crippen LogP) is 2.48. The molecule has 0 spiro atoms. The molecule has 0 bridgehead atoms. The molecule has 5 nitrogen and oxygen atoms in total. The summed E-state index contributed by atoms with van der Waals surface area (Å²) in [7, 11) is 0. The summed E-state index contributed by atoms with van der Waals surface area (Å²) in [6.07, 6.45) is 9.46. The number of nitrogens with zero attached hydrogens (tertiary/aromatic N) is 2. The fourth-order valence-corrected chi connectivity index (χ4v) is 4.33. The number of rotatable bonds is 5. The monoisotopic (exact) mass is 318 g/mol. The summed E-state index contributed by atoms with van der Waals surface area (Å²) < 4.78 is 0. The summed E-state index contributed by atoms with van der Waals surface area (Å²) in [4.78, 5) is 15.1. The number of amides is 1. The molecule has 2 fully saturated rings. The lowest BCUT2D eigenvalue weighted by molar-refractivity contribution is -0.121. The van der Waals surface area contributed by atoms with E-state index in [1.807, 2.05) is 13.8 Å². The van der Waals surface area contributed by atoms with E-state index in [9.17, 15) is 4.79 Å². The van der Waals surface area contributed by atoms with Crippen LogP contribution in [0.4, 0.5) is 0 Å². The van der Waals surface area contributed by atoms with Crippen LogP contribution in [0, 0.1) is 13.8 Å². The number of likely N-dealkylation sites (tertiary alicyclic amines) is 1. The average molecular weight is 318 g/mol. The Morgan fingerprint density at radius 1 is 1.17 bits per heavy atom. The maximum Gasteiger partial charge on any atom is 0.224 e. The minimum absolute atomic E-state index is 0.127. The van der Waals surface area contributed by atoms with Crippen molar-refractivity contribution < 1.29 is 4.79 Å². The summed E-state index contributed by atoms with van der Waals surface area (Å²) in [6, 6.07) is 0. The van der Waals surface area contributed by atoms with Crippen molar-refractivity contribution in [3.05, 3.63) is 17.0 Å². The van der Waals surface area contributed by atoms with Crippen LogP contribution in [-0.4, -0.2) is 46.2 Å². The van der Waals surface area contributed by atoms with Crippen molar-refractivity contribution >= 4 is 5.91 Å². The Morgan fingerprint density at radius 3 is 2.48 bits per heavy atom. The first kappa shape index (κ1) is 16.5. The zero-order chi connectivity index (χ0) is 16.3. The summed E-state index contributed by atoms with van der Waals surface area (Å²) in [6.45, 7) is 7.15. The highest BCUT2D eigenvalue weighted by molar-refractivity contribution is 5.79. The molecule has 2 aliphatic rings. The van der Waals surface area contributed by atoms with E-state index in [1.165, 1.54) is 58.0 Å². The Morgan fingerprint density at radius 2 is 1.87 bits per heavy atom. The Hall–Kier alpha value is -1.36. The first-order valence-corrected chi connectivity index (χ1v) is 9.13. The Kier molecular flexibility index (Phi) is 5.05. The van der Waals surface area contributed by atoms with Gasteiger partial charge < -0.3 is 5.32 Å².